The van der Waals surface area contributed by atoms with Crippen molar-refractivity contribution in [3.63, 3.8) is 0 Å². The van der Waals surface area contributed by atoms with E-state index in [0.29, 0.717) is 24.5 Å². The highest BCUT2D eigenvalue weighted by atomic mass is 127. The molecule has 0 aliphatic carbocycles. The lowest BCUT2D eigenvalue weighted by atomic mass is 10.1. The van der Waals surface area contributed by atoms with Crippen molar-refractivity contribution in [1.29, 1.82) is 0 Å². The first kappa shape index (κ1) is 26.6. The first-order valence-corrected chi connectivity index (χ1v) is 8.30. The van der Waals surface area contributed by atoms with Gasteiger partial charge in [0.2, 0.25) is 0 Å². The van der Waals surface area contributed by atoms with Crippen molar-refractivity contribution in [2.45, 2.75) is 45.1 Å². The summed E-state index contributed by atoms with van der Waals surface area (Å²) in [4.78, 5) is 3.93. The van der Waals surface area contributed by atoms with Gasteiger partial charge in [0, 0.05) is 32.1 Å². The maximum atomic E-state index is 12.4. The zero-order valence-corrected chi connectivity index (χ0v) is 17.8. The average Bonchev–Trinajstić information content (AvgIpc) is 2.55. The van der Waals surface area contributed by atoms with E-state index in [1.807, 2.05) is 0 Å². The summed E-state index contributed by atoms with van der Waals surface area (Å²) in [5, 5.41) is 5.77. The number of hydrogen-bond donors (Lipinski definition) is 2. The van der Waals surface area contributed by atoms with Gasteiger partial charge in [0.15, 0.2) is 12.6 Å². The van der Waals surface area contributed by atoms with Gasteiger partial charge in [-0.3, -0.25) is 4.99 Å². The van der Waals surface area contributed by atoms with E-state index < -0.39 is 25.4 Å². The Morgan fingerprint density at radius 1 is 1.04 bits per heavy atom. The van der Waals surface area contributed by atoms with Crippen molar-refractivity contribution in [3.05, 3.63) is 29.3 Å². The summed E-state index contributed by atoms with van der Waals surface area (Å²) in [6, 6.07) is 4.89. The van der Waals surface area contributed by atoms with Gasteiger partial charge in [0.25, 0.3) is 0 Å². The Balaban J connectivity index is 0.00000729. The van der Waals surface area contributed by atoms with Crippen molar-refractivity contribution in [1.82, 2.24) is 10.6 Å². The summed E-state index contributed by atoms with van der Waals surface area (Å²) in [7, 11) is 1.49. The largest absolute Gasteiger partial charge is 0.484 e. The quantitative estimate of drug-likeness (QED) is 0.165. The molecule has 0 saturated heterocycles. The number of guanidine groups is 1. The third kappa shape index (κ3) is 12.1. The SMILES string of the molecule is CN=C(NCCCCC(F)(F)F)NCc1ccc(C)cc1OCC(F)(F)F.I. The van der Waals surface area contributed by atoms with Crippen LogP contribution in [0.4, 0.5) is 26.3 Å². The smallest absolute Gasteiger partial charge is 0.422 e. The van der Waals surface area contributed by atoms with Crippen molar-refractivity contribution in [2.24, 2.45) is 4.99 Å². The standard InChI is InChI=1S/C17H23F6N3O.HI/c1-12-5-6-13(14(9-12)27-11-17(21,22)23)10-26-15(24-2)25-8-4-3-7-16(18,19)20;/h5-6,9H,3-4,7-8,10-11H2,1-2H3,(H2,24,25,26);1H. The molecule has 0 saturated carbocycles. The van der Waals surface area contributed by atoms with Crippen LogP contribution in [0.2, 0.25) is 0 Å². The maximum absolute atomic E-state index is 12.4. The van der Waals surface area contributed by atoms with Gasteiger partial charge in [-0.1, -0.05) is 12.1 Å². The van der Waals surface area contributed by atoms with Gasteiger partial charge in [-0.2, -0.15) is 26.3 Å². The lowest BCUT2D eigenvalue weighted by Gasteiger charge is -2.16. The summed E-state index contributed by atoms with van der Waals surface area (Å²) in [5.41, 5.74) is 1.26. The van der Waals surface area contributed by atoms with E-state index in [1.54, 1.807) is 19.1 Å². The number of hydrogen-bond acceptors (Lipinski definition) is 2. The third-order valence-electron chi connectivity index (χ3n) is 3.46. The number of aliphatic imine (C=N–C) groups is 1. The highest BCUT2D eigenvalue weighted by Crippen LogP contribution is 2.24. The van der Waals surface area contributed by atoms with Crippen molar-refractivity contribution in [3.8, 4) is 5.75 Å². The molecule has 0 aliphatic heterocycles. The summed E-state index contributed by atoms with van der Waals surface area (Å²) < 4.78 is 78.2. The lowest BCUT2D eigenvalue weighted by Crippen LogP contribution is -2.37. The van der Waals surface area contributed by atoms with Crippen LogP contribution in [0, 0.1) is 6.92 Å². The van der Waals surface area contributed by atoms with Crippen LogP contribution >= 0.6 is 24.0 Å². The Labute approximate surface area is 177 Å². The molecule has 1 aromatic rings. The second-order valence-electron chi connectivity index (χ2n) is 5.94. The van der Waals surface area contributed by atoms with Gasteiger partial charge < -0.3 is 15.4 Å². The van der Waals surface area contributed by atoms with Crippen LogP contribution < -0.4 is 15.4 Å². The van der Waals surface area contributed by atoms with E-state index in [-0.39, 0.29) is 42.7 Å². The predicted molar refractivity (Wildman–Crippen MR) is 106 cm³/mol. The molecular weight excluding hydrogens is 503 g/mol. The van der Waals surface area contributed by atoms with E-state index in [1.165, 1.54) is 13.1 Å². The fraction of sp³-hybridized carbons (Fsp3) is 0.588. The number of unbranched alkanes of at least 4 members (excludes halogenated alkanes) is 1. The first-order valence-electron chi connectivity index (χ1n) is 8.30. The van der Waals surface area contributed by atoms with Gasteiger partial charge in [0.1, 0.15) is 5.75 Å². The van der Waals surface area contributed by atoms with E-state index in [0.717, 1.165) is 5.56 Å². The average molecular weight is 527 g/mol. The zero-order valence-electron chi connectivity index (χ0n) is 15.5. The molecular formula is C17H24F6IN3O. The third-order valence-corrected chi connectivity index (χ3v) is 3.46. The van der Waals surface area contributed by atoms with Gasteiger partial charge >= 0.3 is 12.4 Å². The molecule has 0 radical (unpaired) electrons. The molecule has 0 heterocycles. The number of rotatable bonds is 8. The molecule has 0 amide bonds. The number of halogens is 7. The molecule has 4 nitrogen and oxygen atoms in total. The van der Waals surface area contributed by atoms with E-state index in [4.69, 9.17) is 4.74 Å². The second-order valence-corrected chi connectivity index (χ2v) is 5.94. The maximum Gasteiger partial charge on any atom is 0.422 e. The molecule has 0 atom stereocenters. The number of ether oxygens (including phenoxy) is 1. The molecule has 0 aliphatic rings. The summed E-state index contributed by atoms with van der Waals surface area (Å²) in [6.07, 6.45) is -9.14. The minimum absolute atomic E-state index is 0. The van der Waals surface area contributed by atoms with Crippen LogP contribution in [-0.2, 0) is 6.54 Å². The summed E-state index contributed by atoms with van der Waals surface area (Å²) >= 11 is 0. The minimum Gasteiger partial charge on any atom is -0.484 e. The molecule has 162 valence electrons. The van der Waals surface area contributed by atoms with Crippen molar-refractivity contribution >= 4 is 29.9 Å². The van der Waals surface area contributed by atoms with E-state index >= 15 is 0 Å². The monoisotopic (exact) mass is 527 g/mol. The summed E-state index contributed by atoms with van der Waals surface area (Å²) in [6.45, 7) is 0.783. The molecule has 28 heavy (non-hydrogen) atoms. The molecule has 0 unspecified atom stereocenters. The highest BCUT2D eigenvalue weighted by Gasteiger charge is 2.29. The number of alkyl halides is 6. The van der Waals surface area contributed by atoms with Crippen LogP contribution in [0.5, 0.6) is 5.75 Å². The lowest BCUT2D eigenvalue weighted by molar-refractivity contribution is -0.153. The Morgan fingerprint density at radius 2 is 1.71 bits per heavy atom. The first-order chi connectivity index (χ1) is 12.5. The molecule has 1 rings (SSSR count). The number of nitrogens with zero attached hydrogens (tertiary/aromatic N) is 1. The Hall–Kier alpha value is -1.40. The molecule has 2 N–H and O–H groups in total. The Bertz CT molecular complexity index is 620. The molecule has 0 bridgehead atoms. The second kappa shape index (κ2) is 12.2. The molecule has 0 aromatic heterocycles. The van der Waals surface area contributed by atoms with Crippen LogP contribution in [0.25, 0.3) is 0 Å². The number of benzene rings is 1. The molecule has 1 aromatic carbocycles. The Morgan fingerprint density at radius 3 is 2.29 bits per heavy atom. The van der Waals surface area contributed by atoms with Gasteiger partial charge in [-0.15, -0.1) is 24.0 Å². The van der Waals surface area contributed by atoms with Crippen molar-refractivity contribution < 1.29 is 31.1 Å². The van der Waals surface area contributed by atoms with Crippen LogP contribution in [-0.4, -0.2) is 38.5 Å². The Kier molecular flexibility index (Phi) is 11.6. The fourth-order valence-electron chi connectivity index (χ4n) is 2.16. The normalized spacial score (nSPS) is 12.4. The fourth-order valence-corrected chi connectivity index (χ4v) is 2.16. The van der Waals surface area contributed by atoms with Gasteiger partial charge in [-0.25, -0.2) is 0 Å². The summed E-state index contributed by atoms with van der Waals surface area (Å²) in [5.74, 6) is 0.449. The minimum atomic E-state index is -4.44. The molecule has 11 heteroatoms. The van der Waals surface area contributed by atoms with E-state index in [2.05, 4.69) is 15.6 Å². The van der Waals surface area contributed by atoms with E-state index in [9.17, 15) is 26.3 Å². The topological polar surface area (TPSA) is 45.7 Å². The van der Waals surface area contributed by atoms with Crippen LogP contribution in [0.3, 0.4) is 0 Å². The molecule has 0 spiro atoms. The van der Waals surface area contributed by atoms with Gasteiger partial charge in [0.05, 0.1) is 0 Å². The van der Waals surface area contributed by atoms with Crippen LogP contribution in [0.1, 0.15) is 30.4 Å². The molecule has 0 fully saturated rings. The zero-order chi connectivity index (χ0) is 20.5. The number of nitrogens with one attached hydrogen (secondary N) is 2. The predicted octanol–water partition coefficient (Wildman–Crippen LogP) is 4.95. The number of aryl methyl sites for hydroxylation is 1. The van der Waals surface area contributed by atoms with Gasteiger partial charge in [-0.05, 0) is 31.4 Å². The van der Waals surface area contributed by atoms with Crippen molar-refractivity contribution in [2.75, 3.05) is 20.2 Å². The highest BCUT2D eigenvalue weighted by molar-refractivity contribution is 14.0. The van der Waals surface area contributed by atoms with Crippen LogP contribution in [0.15, 0.2) is 23.2 Å².